The quantitative estimate of drug-likeness (QED) is 0.345. The van der Waals surface area contributed by atoms with Gasteiger partial charge in [-0.2, -0.15) is 0 Å². The molecule has 0 bridgehead atoms. The number of nitrogens with one attached hydrogen (secondary N) is 2. The number of carbonyl (C=O) groups excluding carboxylic acids is 1. The molecule has 2 aromatic carbocycles. The molecule has 0 spiro atoms. The third-order valence-corrected chi connectivity index (χ3v) is 7.34. The number of carbonyl (C=O) groups is 1. The molecule has 1 saturated heterocycles. The molecular weight excluding hydrogens is 460 g/mol. The van der Waals surface area contributed by atoms with Crippen LogP contribution in [0.3, 0.4) is 0 Å². The van der Waals surface area contributed by atoms with Crippen LogP contribution in [0.25, 0.3) is 22.3 Å². The van der Waals surface area contributed by atoms with Crippen LogP contribution in [-0.4, -0.2) is 57.7 Å². The predicted molar refractivity (Wildman–Crippen MR) is 141 cm³/mol. The highest BCUT2D eigenvalue weighted by atomic mass is 32.2. The van der Waals surface area contributed by atoms with Gasteiger partial charge < -0.3 is 19.9 Å². The number of hydrogen-bond donors (Lipinski definition) is 2. The fourth-order valence-corrected chi connectivity index (χ4v) is 5.15. The molecule has 5 rings (SSSR count). The van der Waals surface area contributed by atoms with Gasteiger partial charge in [0.15, 0.2) is 11.0 Å². The van der Waals surface area contributed by atoms with Crippen molar-refractivity contribution in [1.82, 2.24) is 19.7 Å². The largest absolute Gasteiger partial charge is 0.378 e. The molecule has 1 fully saturated rings. The van der Waals surface area contributed by atoms with Crippen LogP contribution in [-0.2, 0) is 16.1 Å². The lowest BCUT2D eigenvalue weighted by atomic mass is 10.1. The normalized spacial score (nSPS) is 16.5. The molecule has 0 radical (unpaired) electrons. The highest BCUT2D eigenvalue weighted by molar-refractivity contribution is 8.00. The van der Waals surface area contributed by atoms with Crippen LogP contribution in [0.5, 0.6) is 0 Å². The summed E-state index contributed by atoms with van der Waals surface area (Å²) in [6.45, 7) is 3.33. The first-order valence-corrected chi connectivity index (χ1v) is 12.7. The zero-order valence-corrected chi connectivity index (χ0v) is 21.0. The Hall–Kier alpha value is -3.30. The van der Waals surface area contributed by atoms with Crippen molar-refractivity contribution in [1.29, 1.82) is 0 Å². The van der Waals surface area contributed by atoms with Gasteiger partial charge in [0, 0.05) is 54.7 Å². The van der Waals surface area contributed by atoms with Crippen molar-refractivity contribution in [2.24, 2.45) is 0 Å². The Morgan fingerprint density at radius 2 is 2.03 bits per heavy atom. The monoisotopic (exact) mass is 490 g/mol. The highest BCUT2D eigenvalue weighted by Gasteiger charge is 2.25. The van der Waals surface area contributed by atoms with Crippen molar-refractivity contribution in [2.45, 2.75) is 42.8 Å². The lowest BCUT2D eigenvalue weighted by Gasteiger charge is -2.17. The van der Waals surface area contributed by atoms with Crippen LogP contribution in [0.15, 0.2) is 59.9 Å². The number of ether oxygens (including phenoxy) is 1. The van der Waals surface area contributed by atoms with Crippen LogP contribution in [0.2, 0.25) is 0 Å². The molecular formula is C26H30N6O2S. The summed E-state index contributed by atoms with van der Waals surface area (Å²) in [5.41, 5.74) is 3.90. The van der Waals surface area contributed by atoms with Crippen molar-refractivity contribution in [3.8, 4) is 11.4 Å². The fraction of sp³-hybridized carbons (Fsp3) is 0.346. The molecule has 3 heterocycles. The van der Waals surface area contributed by atoms with Gasteiger partial charge in [-0.25, -0.2) is 0 Å². The zero-order valence-electron chi connectivity index (χ0n) is 20.2. The van der Waals surface area contributed by atoms with E-state index >= 15 is 0 Å². The smallest absolute Gasteiger partial charge is 0.237 e. The Morgan fingerprint density at radius 3 is 2.77 bits per heavy atom. The molecule has 0 saturated carbocycles. The second kappa shape index (κ2) is 10.1. The number of thioether (sulfide) groups is 1. The van der Waals surface area contributed by atoms with E-state index in [-0.39, 0.29) is 17.3 Å². The number of benzene rings is 2. The number of anilines is 2. The predicted octanol–water partition coefficient (Wildman–Crippen LogP) is 4.79. The number of aromatic amines is 1. The molecule has 2 N–H and O–H groups in total. The number of amides is 1. The molecule has 4 aromatic rings. The van der Waals surface area contributed by atoms with Crippen molar-refractivity contribution in [2.75, 3.05) is 30.9 Å². The molecule has 0 unspecified atom stereocenters. The minimum Gasteiger partial charge on any atom is -0.378 e. The second-order valence-corrected chi connectivity index (χ2v) is 10.3. The molecule has 35 heavy (non-hydrogen) atoms. The number of rotatable bonds is 8. The van der Waals surface area contributed by atoms with Gasteiger partial charge in [0.05, 0.1) is 17.9 Å². The summed E-state index contributed by atoms with van der Waals surface area (Å²) < 4.78 is 8.03. The van der Waals surface area contributed by atoms with E-state index in [1.165, 1.54) is 11.8 Å². The fourth-order valence-electron chi connectivity index (χ4n) is 4.29. The van der Waals surface area contributed by atoms with E-state index in [2.05, 4.69) is 31.1 Å². The second-order valence-electron chi connectivity index (χ2n) is 8.99. The van der Waals surface area contributed by atoms with Gasteiger partial charge in [-0.3, -0.25) is 9.36 Å². The number of hydrogen-bond acceptors (Lipinski definition) is 6. The molecule has 9 heteroatoms. The maximum Gasteiger partial charge on any atom is 0.237 e. The Kier molecular flexibility index (Phi) is 6.79. The first-order valence-electron chi connectivity index (χ1n) is 11.9. The van der Waals surface area contributed by atoms with Crippen LogP contribution < -0.4 is 10.2 Å². The maximum absolute atomic E-state index is 13.0. The van der Waals surface area contributed by atoms with Crippen molar-refractivity contribution in [3.05, 3.63) is 54.7 Å². The number of para-hydroxylation sites is 1. The Balaban J connectivity index is 1.38. The minimum atomic E-state index is -0.355. The highest BCUT2D eigenvalue weighted by Crippen LogP contribution is 2.32. The first-order chi connectivity index (χ1) is 17.0. The molecule has 1 aliphatic rings. The van der Waals surface area contributed by atoms with E-state index in [0.717, 1.165) is 53.1 Å². The lowest BCUT2D eigenvalue weighted by molar-refractivity contribution is -0.115. The number of nitrogens with zero attached hydrogens (tertiary/aromatic N) is 4. The van der Waals surface area contributed by atoms with Crippen LogP contribution in [0, 0.1) is 0 Å². The molecule has 8 nitrogen and oxygen atoms in total. The molecule has 1 aliphatic heterocycles. The summed E-state index contributed by atoms with van der Waals surface area (Å²) in [7, 11) is 3.98. The molecule has 1 amide bonds. The number of aromatic nitrogens is 4. The Labute approximate surface area is 209 Å². The SMILES string of the molecule is C[C@@H](Sc1nnc(-c2c[nH]c3ccccc23)n1C[C@H]1CCCO1)C(=O)Nc1ccc(N(C)C)cc1. The average molecular weight is 491 g/mol. The topological polar surface area (TPSA) is 88.1 Å². The van der Waals surface area contributed by atoms with E-state index in [1.807, 2.05) is 74.6 Å². The minimum absolute atomic E-state index is 0.0760. The van der Waals surface area contributed by atoms with Gasteiger partial charge in [-0.15, -0.1) is 10.2 Å². The number of H-pyrrole nitrogens is 1. The number of fused-ring (bicyclic) bond motifs is 1. The van der Waals surface area contributed by atoms with Crippen LogP contribution >= 0.6 is 11.8 Å². The summed E-state index contributed by atoms with van der Waals surface area (Å²) in [6, 6.07) is 16.0. The van der Waals surface area contributed by atoms with Gasteiger partial charge in [-0.1, -0.05) is 30.0 Å². The summed E-state index contributed by atoms with van der Waals surface area (Å²) >= 11 is 1.42. The van der Waals surface area contributed by atoms with Crippen molar-refractivity contribution < 1.29 is 9.53 Å². The van der Waals surface area contributed by atoms with Crippen molar-refractivity contribution >= 4 is 39.9 Å². The summed E-state index contributed by atoms with van der Waals surface area (Å²) in [4.78, 5) is 18.3. The molecule has 2 atom stereocenters. The van der Waals surface area contributed by atoms with Crippen LogP contribution in [0.1, 0.15) is 19.8 Å². The molecule has 182 valence electrons. The zero-order chi connectivity index (χ0) is 24.4. The third kappa shape index (κ3) is 5.06. The van der Waals surface area contributed by atoms with E-state index in [0.29, 0.717) is 11.7 Å². The van der Waals surface area contributed by atoms with Gasteiger partial charge in [0.2, 0.25) is 5.91 Å². The van der Waals surface area contributed by atoms with Gasteiger partial charge in [0.25, 0.3) is 0 Å². The van der Waals surface area contributed by atoms with E-state index < -0.39 is 0 Å². The standard InChI is InChI=1S/C26H30N6O2S/c1-17(25(33)28-18-10-12-19(13-11-18)31(2)3)35-26-30-29-24(32(26)16-20-7-6-14-34-20)22-15-27-23-9-5-4-8-21(22)23/h4-5,8-13,15,17,20,27H,6-7,14,16H2,1-3H3,(H,28,33)/t17-,20-/m1/s1. The van der Waals surface area contributed by atoms with Gasteiger partial charge in [-0.05, 0) is 50.1 Å². The van der Waals surface area contributed by atoms with E-state index in [1.54, 1.807) is 0 Å². The Morgan fingerprint density at radius 1 is 1.23 bits per heavy atom. The van der Waals surface area contributed by atoms with Crippen LogP contribution in [0.4, 0.5) is 11.4 Å². The first kappa shape index (κ1) is 23.4. The summed E-state index contributed by atoms with van der Waals surface area (Å²) in [6.07, 6.45) is 4.16. The summed E-state index contributed by atoms with van der Waals surface area (Å²) in [5, 5.41) is 13.5. The Bertz CT molecular complexity index is 1310. The maximum atomic E-state index is 13.0. The van der Waals surface area contributed by atoms with E-state index in [9.17, 15) is 4.79 Å². The van der Waals surface area contributed by atoms with E-state index in [4.69, 9.17) is 4.74 Å². The van der Waals surface area contributed by atoms with Gasteiger partial charge in [0.1, 0.15) is 0 Å². The third-order valence-electron chi connectivity index (χ3n) is 6.26. The molecule has 2 aromatic heterocycles. The summed E-state index contributed by atoms with van der Waals surface area (Å²) in [5.74, 6) is 0.709. The lowest BCUT2D eigenvalue weighted by Crippen LogP contribution is -2.23. The molecule has 0 aliphatic carbocycles. The average Bonchev–Trinajstić information content (AvgIpc) is 3.60. The van der Waals surface area contributed by atoms with Crippen molar-refractivity contribution in [3.63, 3.8) is 0 Å². The van der Waals surface area contributed by atoms with Gasteiger partial charge >= 0.3 is 0 Å².